The molecule has 1 heterocycles. The molecule has 1 N–H and O–H groups in total. The number of rotatable bonds is 8. The molecule has 0 atom stereocenters. The Hall–Kier alpha value is -2.93. The molecule has 0 spiro atoms. The van der Waals surface area contributed by atoms with Crippen molar-refractivity contribution < 1.29 is 23.7 Å². The molecule has 0 aromatic heterocycles. The summed E-state index contributed by atoms with van der Waals surface area (Å²) >= 11 is 0. The smallest absolute Gasteiger partial charge is 0.317 e. The lowest BCUT2D eigenvalue weighted by Gasteiger charge is -2.29. The van der Waals surface area contributed by atoms with E-state index in [2.05, 4.69) is 5.32 Å². The zero-order valence-corrected chi connectivity index (χ0v) is 17.2. The van der Waals surface area contributed by atoms with Crippen LogP contribution >= 0.6 is 0 Å². The second-order valence-corrected chi connectivity index (χ2v) is 6.76. The largest absolute Gasteiger partial charge is 0.493 e. The molecule has 0 unspecified atom stereocenters. The molecule has 2 amide bonds. The highest BCUT2D eigenvalue weighted by atomic mass is 16.5. The van der Waals surface area contributed by atoms with Gasteiger partial charge in [0.25, 0.3) is 0 Å². The minimum absolute atomic E-state index is 0.0999. The standard InChI is InChI=1S/C22H28N2O5/c1-26-10-11-29-19-7-5-4-6-17(19)14-23-22(25)24-9-8-16-12-20(27-2)21(28-3)13-18(16)15-24/h4-7,12-13H,8-11,14-15H2,1-3H3,(H,23,25). The molecule has 2 aromatic carbocycles. The van der Waals surface area contributed by atoms with Gasteiger partial charge in [0.05, 0.1) is 20.8 Å². The van der Waals surface area contributed by atoms with E-state index in [4.69, 9.17) is 18.9 Å². The van der Waals surface area contributed by atoms with Gasteiger partial charge in [0, 0.05) is 32.3 Å². The first-order valence-electron chi connectivity index (χ1n) is 9.62. The molecule has 7 heteroatoms. The third kappa shape index (κ3) is 5.12. The zero-order valence-electron chi connectivity index (χ0n) is 17.2. The van der Waals surface area contributed by atoms with Crippen LogP contribution in [0.1, 0.15) is 16.7 Å². The van der Waals surface area contributed by atoms with E-state index in [0.29, 0.717) is 44.3 Å². The quantitative estimate of drug-likeness (QED) is 0.690. The van der Waals surface area contributed by atoms with E-state index in [0.717, 1.165) is 23.3 Å². The summed E-state index contributed by atoms with van der Waals surface area (Å²) in [5.41, 5.74) is 3.19. The Morgan fingerprint density at radius 1 is 1.00 bits per heavy atom. The van der Waals surface area contributed by atoms with Crippen molar-refractivity contribution in [2.45, 2.75) is 19.5 Å². The van der Waals surface area contributed by atoms with Crippen molar-refractivity contribution in [2.75, 3.05) is 41.1 Å². The van der Waals surface area contributed by atoms with Gasteiger partial charge in [0.15, 0.2) is 11.5 Å². The second kappa shape index (κ2) is 10.0. The second-order valence-electron chi connectivity index (χ2n) is 6.76. The maximum atomic E-state index is 12.7. The van der Waals surface area contributed by atoms with Gasteiger partial charge < -0.3 is 29.2 Å². The Bertz CT molecular complexity index is 840. The van der Waals surface area contributed by atoms with Crippen LogP contribution in [-0.4, -0.2) is 52.0 Å². The van der Waals surface area contributed by atoms with Gasteiger partial charge in [-0.1, -0.05) is 18.2 Å². The van der Waals surface area contributed by atoms with Crippen LogP contribution in [0, 0.1) is 0 Å². The number of nitrogens with one attached hydrogen (secondary N) is 1. The highest BCUT2D eigenvalue weighted by Gasteiger charge is 2.23. The first-order chi connectivity index (χ1) is 14.2. The molecule has 1 aliphatic rings. The topological polar surface area (TPSA) is 69.3 Å². The molecule has 2 aromatic rings. The van der Waals surface area contributed by atoms with E-state index in [1.165, 1.54) is 5.56 Å². The Balaban J connectivity index is 1.62. The van der Waals surface area contributed by atoms with E-state index < -0.39 is 0 Å². The average molecular weight is 400 g/mol. The summed E-state index contributed by atoms with van der Waals surface area (Å²) in [5.74, 6) is 2.15. The molecule has 0 bridgehead atoms. The molecule has 0 saturated carbocycles. The molecule has 0 radical (unpaired) electrons. The van der Waals surface area contributed by atoms with Gasteiger partial charge in [-0.25, -0.2) is 4.79 Å². The fraction of sp³-hybridized carbons (Fsp3) is 0.409. The summed E-state index contributed by atoms with van der Waals surface area (Å²) in [6.45, 7) is 2.57. The van der Waals surface area contributed by atoms with E-state index in [1.54, 1.807) is 21.3 Å². The number of amides is 2. The third-order valence-electron chi connectivity index (χ3n) is 4.95. The number of urea groups is 1. The van der Waals surface area contributed by atoms with Crippen LogP contribution < -0.4 is 19.5 Å². The number of benzene rings is 2. The summed E-state index contributed by atoms with van der Waals surface area (Å²) in [5, 5.41) is 3.00. The Morgan fingerprint density at radius 3 is 2.45 bits per heavy atom. The molecule has 156 valence electrons. The predicted octanol–water partition coefficient (Wildman–Crippen LogP) is 3.00. The maximum Gasteiger partial charge on any atom is 0.317 e. The Morgan fingerprint density at radius 2 is 1.72 bits per heavy atom. The van der Waals surface area contributed by atoms with Gasteiger partial charge in [-0.2, -0.15) is 0 Å². The lowest BCUT2D eigenvalue weighted by Crippen LogP contribution is -2.42. The summed E-state index contributed by atoms with van der Waals surface area (Å²) in [6.07, 6.45) is 0.778. The van der Waals surface area contributed by atoms with E-state index in [9.17, 15) is 4.79 Å². The summed E-state index contributed by atoms with van der Waals surface area (Å²) in [4.78, 5) is 14.5. The van der Waals surface area contributed by atoms with E-state index in [1.807, 2.05) is 41.3 Å². The Kier molecular flexibility index (Phi) is 7.19. The van der Waals surface area contributed by atoms with Crippen molar-refractivity contribution >= 4 is 6.03 Å². The molecule has 1 aliphatic heterocycles. The summed E-state index contributed by atoms with van der Waals surface area (Å²) in [6, 6.07) is 11.5. The van der Waals surface area contributed by atoms with Crippen molar-refractivity contribution in [3.05, 3.63) is 53.1 Å². The fourth-order valence-corrected chi connectivity index (χ4v) is 3.36. The van der Waals surface area contributed by atoms with Crippen molar-refractivity contribution in [1.82, 2.24) is 10.2 Å². The van der Waals surface area contributed by atoms with Crippen LogP contribution in [0.15, 0.2) is 36.4 Å². The van der Waals surface area contributed by atoms with Gasteiger partial charge in [0.2, 0.25) is 0 Å². The van der Waals surface area contributed by atoms with E-state index >= 15 is 0 Å². The molecule has 3 rings (SSSR count). The molecule has 29 heavy (non-hydrogen) atoms. The lowest BCUT2D eigenvalue weighted by atomic mass is 9.99. The van der Waals surface area contributed by atoms with Crippen LogP contribution in [0.3, 0.4) is 0 Å². The monoisotopic (exact) mass is 400 g/mol. The molecular weight excluding hydrogens is 372 g/mol. The third-order valence-corrected chi connectivity index (χ3v) is 4.95. The van der Waals surface area contributed by atoms with Crippen LogP contribution in [0.5, 0.6) is 17.2 Å². The normalized spacial score (nSPS) is 12.9. The number of hydrogen-bond acceptors (Lipinski definition) is 5. The Labute approximate surface area is 171 Å². The first kappa shape index (κ1) is 20.8. The van der Waals surface area contributed by atoms with Crippen LogP contribution in [0.4, 0.5) is 4.79 Å². The lowest BCUT2D eigenvalue weighted by molar-refractivity contribution is 0.145. The maximum absolute atomic E-state index is 12.7. The number of carbonyl (C=O) groups excluding carboxylic acids is 1. The SMILES string of the molecule is COCCOc1ccccc1CNC(=O)N1CCc2cc(OC)c(OC)cc2C1. The molecular formula is C22H28N2O5. The number of methoxy groups -OCH3 is 3. The van der Waals surface area contributed by atoms with Gasteiger partial charge in [-0.15, -0.1) is 0 Å². The zero-order chi connectivity index (χ0) is 20.6. The van der Waals surface area contributed by atoms with Crippen LogP contribution in [0.2, 0.25) is 0 Å². The highest BCUT2D eigenvalue weighted by Crippen LogP contribution is 2.33. The molecule has 0 fully saturated rings. The molecule has 7 nitrogen and oxygen atoms in total. The fourth-order valence-electron chi connectivity index (χ4n) is 3.36. The number of para-hydroxylation sites is 1. The van der Waals surface area contributed by atoms with Gasteiger partial charge in [0.1, 0.15) is 12.4 Å². The number of hydrogen-bond donors (Lipinski definition) is 1. The summed E-state index contributed by atoms with van der Waals surface area (Å²) < 4.78 is 21.5. The number of carbonyl (C=O) groups is 1. The highest BCUT2D eigenvalue weighted by molar-refractivity contribution is 5.74. The van der Waals surface area contributed by atoms with Crippen LogP contribution in [-0.2, 0) is 24.2 Å². The number of ether oxygens (including phenoxy) is 4. The summed E-state index contributed by atoms with van der Waals surface area (Å²) in [7, 11) is 4.88. The molecule has 0 aliphatic carbocycles. The van der Waals surface area contributed by atoms with Crippen molar-refractivity contribution in [3.63, 3.8) is 0 Å². The van der Waals surface area contributed by atoms with Gasteiger partial charge in [-0.3, -0.25) is 0 Å². The average Bonchev–Trinajstić information content (AvgIpc) is 2.76. The predicted molar refractivity (Wildman–Crippen MR) is 110 cm³/mol. The number of fused-ring (bicyclic) bond motifs is 1. The van der Waals surface area contributed by atoms with Crippen molar-refractivity contribution in [3.8, 4) is 17.2 Å². The minimum atomic E-state index is -0.0999. The first-order valence-corrected chi connectivity index (χ1v) is 9.62. The van der Waals surface area contributed by atoms with Crippen molar-refractivity contribution in [1.29, 1.82) is 0 Å². The number of nitrogens with zero attached hydrogens (tertiary/aromatic N) is 1. The minimum Gasteiger partial charge on any atom is -0.493 e. The van der Waals surface area contributed by atoms with Crippen molar-refractivity contribution in [2.24, 2.45) is 0 Å². The van der Waals surface area contributed by atoms with Gasteiger partial charge >= 0.3 is 6.03 Å². The molecule has 0 saturated heterocycles. The van der Waals surface area contributed by atoms with Gasteiger partial charge in [-0.05, 0) is 35.7 Å². The van der Waals surface area contributed by atoms with E-state index in [-0.39, 0.29) is 6.03 Å². The van der Waals surface area contributed by atoms with Crippen LogP contribution in [0.25, 0.3) is 0 Å².